The zero-order valence-corrected chi connectivity index (χ0v) is 13.9. The van der Waals surface area contributed by atoms with Crippen LogP contribution in [0.3, 0.4) is 0 Å². The highest BCUT2D eigenvalue weighted by Gasteiger charge is 2.28. The van der Waals surface area contributed by atoms with Crippen molar-refractivity contribution in [2.45, 2.75) is 19.9 Å². The molecule has 1 aliphatic heterocycles. The Morgan fingerprint density at radius 3 is 2.87 bits per heavy atom. The first-order valence-corrected chi connectivity index (χ1v) is 8.66. The van der Waals surface area contributed by atoms with Crippen molar-refractivity contribution in [3.8, 4) is 16.3 Å². The van der Waals surface area contributed by atoms with Crippen LogP contribution in [0.5, 0.6) is 5.75 Å². The molecule has 1 atom stereocenters. The topological polar surface area (TPSA) is 62.7 Å². The summed E-state index contributed by atoms with van der Waals surface area (Å²) in [7, 11) is 0. The van der Waals surface area contributed by atoms with Gasteiger partial charge in [0, 0.05) is 24.0 Å². The lowest BCUT2D eigenvalue weighted by atomic mass is 10.1. The van der Waals surface area contributed by atoms with E-state index >= 15 is 0 Å². The van der Waals surface area contributed by atoms with Crippen LogP contribution in [0.4, 0.5) is 0 Å². The second-order valence-corrected chi connectivity index (χ2v) is 6.52. The number of aromatic nitrogens is 1. The number of hydrogen-bond donors (Lipinski definition) is 1. The Morgan fingerprint density at radius 1 is 1.43 bits per heavy atom. The molecule has 0 aliphatic carbocycles. The number of rotatable bonds is 6. The van der Waals surface area contributed by atoms with E-state index in [0.717, 1.165) is 41.5 Å². The Kier molecular flexibility index (Phi) is 4.93. The molecule has 0 amide bonds. The van der Waals surface area contributed by atoms with E-state index < -0.39 is 5.97 Å². The zero-order chi connectivity index (χ0) is 16.2. The van der Waals surface area contributed by atoms with Crippen molar-refractivity contribution in [1.82, 2.24) is 9.88 Å². The zero-order valence-electron chi connectivity index (χ0n) is 13.1. The molecule has 0 spiro atoms. The number of nitrogens with zero attached hydrogens (tertiary/aromatic N) is 2. The lowest BCUT2D eigenvalue weighted by Crippen LogP contribution is -2.22. The van der Waals surface area contributed by atoms with Gasteiger partial charge in [-0.3, -0.25) is 9.69 Å². The van der Waals surface area contributed by atoms with E-state index in [1.807, 2.05) is 31.2 Å². The summed E-state index contributed by atoms with van der Waals surface area (Å²) in [6.45, 7) is 4.79. The van der Waals surface area contributed by atoms with Crippen molar-refractivity contribution in [3.63, 3.8) is 0 Å². The fourth-order valence-electron chi connectivity index (χ4n) is 2.78. The molecular formula is C17H20N2O3S. The summed E-state index contributed by atoms with van der Waals surface area (Å²) >= 11 is 1.62. The third-order valence-electron chi connectivity index (χ3n) is 3.97. The van der Waals surface area contributed by atoms with E-state index in [0.29, 0.717) is 13.2 Å². The lowest BCUT2D eigenvalue weighted by Gasteiger charge is -2.12. The van der Waals surface area contributed by atoms with Gasteiger partial charge in [0.15, 0.2) is 0 Å². The van der Waals surface area contributed by atoms with Gasteiger partial charge in [-0.15, -0.1) is 11.3 Å². The number of benzene rings is 1. The number of aliphatic carboxylic acids is 1. The number of hydrogen-bond acceptors (Lipinski definition) is 5. The van der Waals surface area contributed by atoms with E-state index in [2.05, 4.69) is 15.3 Å². The molecule has 1 fully saturated rings. The molecule has 3 rings (SSSR count). The van der Waals surface area contributed by atoms with Crippen LogP contribution in [-0.2, 0) is 11.3 Å². The number of carboxylic acids is 1. The van der Waals surface area contributed by atoms with Crippen molar-refractivity contribution >= 4 is 17.3 Å². The standard InChI is InChI=1S/C17H20N2O3S/c1-2-22-15-5-3-12(4-6-15)16-18-14(11-23-16)10-19-8-7-13(9-19)17(20)21/h3-6,11,13H,2,7-10H2,1H3,(H,20,21). The molecule has 2 aromatic rings. The largest absolute Gasteiger partial charge is 0.494 e. The van der Waals surface area contributed by atoms with Gasteiger partial charge in [0.25, 0.3) is 0 Å². The first-order chi connectivity index (χ1) is 11.2. The van der Waals surface area contributed by atoms with Gasteiger partial charge in [0.2, 0.25) is 0 Å². The van der Waals surface area contributed by atoms with E-state index in [9.17, 15) is 4.79 Å². The third-order valence-corrected chi connectivity index (χ3v) is 4.91. The van der Waals surface area contributed by atoms with Gasteiger partial charge in [0.1, 0.15) is 10.8 Å². The fraction of sp³-hybridized carbons (Fsp3) is 0.412. The summed E-state index contributed by atoms with van der Waals surface area (Å²) in [5, 5.41) is 12.1. The van der Waals surface area contributed by atoms with Crippen molar-refractivity contribution in [2.75, 3.05) is 19.7 Å². The van der Waals surface area contributed by atoms with Gasteiger partial charge in [-0.1, -0.05) is 0 Å². The summed E-state index contributed by atoms with van der Waals surface area (Å²) in [4.78, 5) is 17.9. The van der Waals surface area contributed by atoms with Crippen molar-refractivity contribution in [1.29, 1.82) is 0 Å². The molecule has 1 N–H and O–H groups in total. The van der Waals surface area contributed by atoms with Crippen molar-refractivity contribution in [2.24, 2.45) is 5.92 Å². The molecule has 2 heterocycles. The van der Waals surface area contributed by atoms with Gasteiger partial charge < -0.3 is 9.84 Å². The molecule has 1 aliphatic rings. The molecule has 0 radical (unpaired) electrons. The maximum absolute atomic E-state index is 11.0. The van der Waals surface area contributed by atoms with E-state index in [4.69, 9.17) is 9.84 Å². The molecule has 6 heteroatoms. The second kappa shape index (κ2) is 7.10. The molecule has 122 valence electrons. The fourth-order valence-corrected chi connectivity index (χ4v) is 3.60. The molecule has 0 saturated carbocycles. The minimum absolute atomic E-state index is 0.237. The molecule has 5 nitrogen and oxygen atoms in total. The highest BCUT2D eigenvalue weighted by atomic mass is 32.1. The summed E-state index contributed by atoms with van der Waals surface area (Å²) in [6.07, 6.45) is 0.727. The van der Waals surface area contributed by atoms with Crippen LogP contribution in [0.15, 0.2) is 29.6 Å². The number of carboxylic acid groups (broad SMARTS) is 1. The van der Waals surface area contributed by atoms with Crippen LogP contribution < -0.4 is 4.74 Å². The minimum Gasteiger partial charge on any atom is -0.494 e. The number of likely N-dealkylation sites (tertiary alicyclic amines) is 1. The highest BCUT2D eigenvalue weighted by Crippen LogP contribution is 2.27. The van der Waals surface area contributed by atoms with Crippen LogP contribution in [0.25, 0.3) is 10.6 Å². The van der Waals surface area contributed by atoms with Crippen LogP contribution in [0, 0.1) is 5.92 Å². The Labute approximate surface area is 139 Å². The molecule has 1 saturated heterocycles. The number of thiazole rings is 1. The minimum atomic E-state index is -0.694. The summed E-state index contributed by atoms with van der Waals surface area (Å²) < 4.78 is 5.45. The molecular weight excluding hydrogens is 312 g/mol. The van der Waals surface area contributed by atoms with Crippen molar-refractivity contribution in [3.05, 3.63) is 35.3 Å². The monoisotopic (exact) mass is 332 g/mol. The normalized spacial score (nSPS) is 18.2. The predicted molar refractivity (Wildman–Crippen MR) is 89.7 cm³/mol. The smallest absolute Gasteiger partial charge is 0.307 e. The van der Waals surface area contributed by atoms with Crippen LogP contribution in [0.2, 0.25) is 0 Å². The van der Waals surface area contributed by atoms with Gasteiger partial charge in [0.05, 0.1) is 18.2 Å². The molecule has 0 bridgehead atoms. The average molecular weight is 332 g/mol. The van der Waals surface area contributed by atoms with Crippen LogP contribution in [-0.4, -0.2) is 40.7 Å². The van der Waals surface area contributed by atoms with E-state index in [-0.39, 0.29) is 5.92 Å². The summed E-state index contributed by atoms with van der Waals surface area (Å²) in [5.74, 6) is -0.0649. The number of ether oxygens (including phenoxy) is 1. The first-order valence-electron chi connectivity index (χ1n) is 7.78. The van der Waals surface area contributed by atoms with Gasteiger partial charge in [-0.2, -0.15) is 0 Å². The van der Waals surface area contributed by atoms with Gasteiger partial charge in [-0.05, 0) is 44.2 Å². The average Bonchev–Trinajstić information content (AvgIpc) is 3.18. The Bertz CT molecular complexity index is 669. The Balaban J connectivity index is 1.63. The van der Waals surface area contributed by atoms with Crippen molar-refractivity contribution < 1.29 is 14.6 Å². The summed E-state index contributed by atoms with van der Waals surface area (Å²) in [5.41, 5.74) is 2.08. The first kappa shape index (κ1) is 16.0. The van der Waals surface area contributed by atoms with E-state index in [1.165, 1.54) is 0 Å². The summed E-state index contributed by atoms with van der Waals surface area (Å²) in [6, 6.07) is 7.95. The quantitative estimate of drug-likeness (QED) is 0.880. The maximum atomic E-state index is 11.0. The third kappa shape index (κ3) is 3.89. The lowest BCUT2D eigenvalue weighted by molar-refractivity contribution is -0.141. The second-order valence-electron chi connectivity index (χ2n) is 5.66. The molecule has 23 heavy (non-hydrogen) atoms. The van der Waals surface area contributed by atoms with Crippen LogP contribution in [0.1, 0.15) is 19.0 Å². The Morgan fingerprint density at radius 2 is 2.22 bits per heavy atom. The van der Waals surface area contributed by atoms with Crippen LogP contribution >= 0.6 is 11.3 Å². The van der Waals surface area contributed by atoms with Gasteiger partial charge in [-0.25, -0.2) is 4.98 Å². The SMILES string of the molecule is CCOc1ccc(-c2nc(CN3CCC(C(=O)O)C3)cs2)cc1. The maximum Gasteiger partial charge on any atom is 0.307 e. The highest BCUT2D eigenvalue weighted by molar-refractivity contribution is 7.13. The number of carbonyl (C=O) groups is 1. The van der Waals surface area contributed by atoms with E-state index in [1.54, 1.807) is 11.3 Å². The Hall–Kier alpha value is -1.92. The predicted octanol–water partition coefficient (Wildman–Crippen LogP) is 3.12. The molecule has 1 aromatic heterocycles. The molecule has 1 unspecified atom stereocenters. The van der Waals surface area contributed by atoms with Gasteiger partial charge >= 0.3 is 5.97 Å². The molecule has 1 aromatic carbocycles.